The molecule has 160 valence electrons. The lowest BCUT2D eigenvalue weighted by molar-refractivity contribution is -0.131. The monoisotopic (exact) mass is 419 g/mol. The second-order valence-corrected chi connectivity index (χ2v) is 8.24. The third-order valence-corrected chi connectivity index (χ3v) is 5.75. The molecule has 0 spiro atoms. The van der Waals surface area contributed by atoms with Gasteiger partial charge in [-0.1, -0.05) is 44.2 Å². The second kappa shape index (κ2) is 8.84. The summed E-state index contributed by atoms with van der Waals surface area (Å²) in [5, 5.41) is 0.853. The molecule has 5 nitrogen and oxygen atoms in total. The van der Waals surface area contributed by atoms with Gasteiger partial charge in [-0.3, -0.25) is 14.6 Å². The van der Waals surface area contributed by atoms with Crippen molar-refractivity contribution in [2.45, 2.75) is 26.2 Å². The standard InChI is InChI=1S/C25H26FN3O2/c1-17(2)23-16-21(20-5-3-4-6-22(20)27-23)25(31)29-13-11-28(12-14-29)24(30)15-18-7-9-19(26)10-8-18/h3-10,16-17H,11-15H2,1-2H3. The van der Waals surface area contributed by atoms with Crippen molar-refractivity contribution in [3.63, 3.8) is 0 Å². The molecule has 2 aromatic carbocycles. The van der Waals surface area contributed by atoms with Gasteiger partial charge in [-0.15, -0.1) is 0 Å². The van der Waals surface area contributed by atoms with Crippen LogP contribution < -0.4 is 0 Å². The van der Waals surface area contributed by atoms with Crippen molar-refractivity contribution in [2.75, 3.05) is 26.2 Å². The van der Waals surface area contributed by atoms with Gasteiger partial charge in [0.1, 0.15) is 5.82 Å². The lowest BCUT2D eigenvalue weighted by Crippen LogP contribution is -2.51. The quantitative estimate of drug-likeness (QED) is 0.642. The minimum atomic E-state index is -0.312. The average Bonchev–Trinajstić information content (AvgIpc) is 2.79. The normalized spacial score (nSPS) is 14.3. The largest absolute Gasteiger partial charge is 0.339 e. The Morgan fingerprint density at radius 3 is 2.29 bits per heavy atom. The number of aromatic nitrogens is 1. The highest BCUT2D eigenvalue weighted by Gasteiger charge is 2.26. The fourth-order valence-corrected chi connectivity index (χ4v) is 3.89. The molecule has 0 unspecified atom stereocenters. The van der Waals surface area contributed by atoms with E-state index in [1.54, 1.807) is 17.0 Å². The molecule has 31 heavy (non-hydrogen) atoms. The summed E-state index contributed by atoms with van der Waals surface area (Å²) in [6.45, 7) is 6.09. The van der Waals surface area contributed by atoms with Gasteiger partial charge in [0.05, 0.1) is 17.5 Å². The number of piperazine rings is 1. The van der Waals surface area contributed by atoms with Gasteiger partial charge >= 0.3 is 0 Å². The van der Waals surface area contributed by atoms with E-state index in [9.17, 15) is 14.0 Å². The lowest BCUT2D eigenvalue weighted by Gasteiger charge is -2.35. The van der Waals surface area contributed by atoms with Crippen LogP contribution in [0.25, 0.3) is 10.9 Å². The van der Waals surface area contributed by atoms with E-state index < -0.39 is 0 Å². The van der Waals surface area contributed by atoms with E-state index in [0.717, 1.165) is 22.2 Å². The molecule has 0 saturated carbocycles. The fourth-order valence-electron chi connectivity index (χ4n) is 3.89. The molecule has 1 aromatic heterocycles. The fraction of sp³-hybridized carbons (Fsp3) is 0.320. The van der Waals surface area contributed by atoms with Gasteiger partial charge in [0.2, 0.25) is 5.91 Å². The molecule has 1 saturated heterocycles. The predicted molar refractivity (Wildman–Crippen MR) is 118 cm³/mol. The molecule has 6 heteroatoms. The summed E-state index contributed by atoms with van der Waals surface area (Å²) in [6, 6.07) is 15.6. The molecule has 1 fully saturated rings. The Hall–Kier alpha value is -3.28. The highest BCUT2D eigenvalue weighted by atomic mass is 19.1. The van der Waals surface area contributed by atoms with E-state index in [2.05, 4.69) is 13.8 Å². The highest BCUT2D eigenvalue weighted by Crippen LogP contribution is 2.24. The number of pyridine rings is 1. The van der Waals surface area contributed by atoms with Crippen LogP contribution in [0.4, 0.5) is 4.39 Å². The second-order valence-electron chi connectivity index (χ2n) is 8.24. The maximum absolute atomic E-state index is 13.3. The van der Waals surface area contributed by atoms with Gasteiger partial charge < -0.3 is 9.80 Å². The maximum Gasteiger partial charge on any atom is 0.254 e. The molecule has 0 N–H and O–H groups in total. The highest BCUT2D eigenvalue weighted by molar-refractivity contribution is 6.06. The van der Waals surface area contributed by atoms with Gasteiger partial charge in [-0.05, 0) is 35.7 Å². The zero-order valence-electron chi connectivity index (χ0n) is 17.8. The maximum atomic E-state index is 13.3. The van der Waals surface area contributed by atoms with E-state index in [1.807, 2.05) is 35.2 Å². The molecular weight excluding hydrogens is 393 g/mol. The van der Waals surface area contributed by atoms with Crippen LogP contribution in [-0.2, 0) is 11.2 Å². The number of carbonyl (C=O) groups excluding carboxylic acids is 2. The van der Waals surface area contributed by atoms with Crippen LogP contribution in [0.15, 0.2) is 54.6 Å². The summed E-state index contributed by atoms with van der Waals surface area (Å²) >= 11 is 0. The first-order valence-electron chi connectivity index (χ1n) is 10.6. The van der Waals surface area contributed by atoms with Gasteiger partial charge in [0.15, 0.2) is 0 Å². The van der Waals surface area contributed by atoms with Gasteiger partial charge in [-0.25, -0.2) is 4.39 Å². The van der Waals surface area contributed by atoms with E-state index >= 15 is 0 Å². The van der Waals surface area contributed by atoms with Crippen LogP contribution in [-0.4, -0.2) is 52.8 Å². The van der Waals surface area contributed by atoms with Crippen LogP contribution in [0, 0.1) is 5.82 Å². The summed E-state index contributed by atoms with van der Waals surface area (Å²) in [6.07, 6.45) is 0.237. The number of rotatable bonds is 4. The number of hydrogen-bond acceptors (Lipinski definition) is 3. The first-order chi connectivity index (χ1) is 14.9. The molecule has 0 atom stereocenters. The Labute approximate surface area is 181 Å². The third kappa shape index (κ3) is 4.58. The number of benzene rings is 2. The number of hydrogen-bond donors (Lipinski definition) is 0. The zero-order chi connectivity index (χ0) is 22.0. The van der Waals surface area contributed by atoms with Crippen LogP contribution in [0.1, 0.15) is 41.4 Å². The zero-order valence-corrected chi connectivity index (χ0v) is 17.8. The van der Waals surface area contributed by atoms with E-state index in [0.29, 0.717) is 31.7 Å². The molecule has 0 radical (unpaired) electrons. The van der Waals surface area contributed by atoms with E-state index in [-0.39, 0.29) is 30.0 Å². The van der Waals surface area contributed by atoms with Crippen molar-refractivity contribution in [3.05, 3.63) is 77.2 Å². The van der Waals surface area contributed by atoms with Crippen molar-refractivity contribution in [3.8, 4) is 0 Å². The lowest BCUT2D eigenvalue weighted by atomic mass is 10.0. The molecular formula is C25H26FN3O2. The van der Waals surface area contributed by atoms with Crippen LogP contribution >= 0.6 is 0 Å². The van der Waals surface area contributed by atoms with Crippen molar-refractivity contribution in [2.24, 2.45) is 0 Å². The molecule has 0 aliphatic carbocycles. The topological polar surface area (TPSA) is 53.5 Å². The number of fused-ring (bicyclic) bond motifs is 1. The first kappa shape index (κ1) is 21.0. The van der Waals surface area contributed by atoms with Crippen molar-refractivity contribution >= 4 is 22.7 Å². The van der Waals surface area contributed by atoms with Crippen molar-refractivity contribution in [1.82, 2.24) is 14.8 Å². The minimum absolute atomic E-state index is 0.00448. The van der Waals surface area contributed by atoms with Crippen LogP contribution in [0.2, 0.25) is 0 Å². The smallest absolute Gasteiger partial charge is 0.254 e. The average molecular weight is 420 g/mol. The Morgan fingerprint density at radius 2 is 1.61 bits per heavy atom. The van der Waals surface area contributed by atoms with Crippen molar-refractivity contribution in [1.29, 1.82) is 0 Å². The molecule has 2 heterocycles. The van der Waals surface area contributed by atoms with Crippen molar-refractivity contribution < 1.29 is 14.0 Å². The Morgan fingerprint density at radius 1 is 0.968 bits per heavy atom. The molecule has 3 aromatic rings. The summed E-state index contributed by atoms with van der Waals surface area (Å²) < 4.78 is 13.1. The first-order valence-corrected chi connectivity index (χ1v) is 10.6. The number of nitrogens with zero attached hydrogens (tertiary/aromatic N) is 3. The Bertz CT molecular complexity index is 1100. The summed E-state index contributed by atoms with van der Waals surface area (Å²) in [5.41, 5.74) is 3.18. The van der Waals surface area contributed by atoms with E-state index in [1.165, 1.54) is 12.1 Å². The summed E-state index contributed by atoms with van der Waals surface area (Å²) in [5.74, 6) is -0.119. The SMILES string of the molecule is CC(C)c1cc(C(=O)N2CCN(C(=O)Cc3ccc(F)cc3)CC2)c2ccccc2n1. The number of para-hydroxylation sites is 1. The minimum Gasteiger partial charge on any atom is -0.339 e. The molecule has 1 aliphatic heterocycles. The Kier molecular flexibility index (Phi) is 5.98. The predicted octanol–water partition coefficient (Wildman–Crippen LogP) is 4.02. The van der Waals surface area contributed by atoms with Gasteiger partial charge in [0.25, 0.3) is 5.91 Å². The summed E-state index contributed by atoms with van der Waals surface area (Å²) in [7, 11) is 0. The number of carbonyl (C=O) groups is 2. The van der Waals surface area contributed by atoms with Gasteiger partial charge in [0, 0.05) is 37.3 Å². The van der Waals surface area contributed by atoms with Crippen LogP contribution in [0.3, 0.4) is 0 Å². The molecule has 2 amide bonds. The van der Waals surface area contributed by atoms with Crippen LogP contribution in [0.5, 0.6) is 0 Å². The number of amides is 2. The molecule has 4 rings (SSSR count). The number of halogens is 1. The summed E-state index contributed by atoms with van der Waals surface area (Å²) in [4.78, 5) is 34.2. The third-order valence-electron chi connectivity index (χ3n) is 5.75. The molecule has 1 aliphatic rings. The molecule has 0 bridgehead atoms. The van der Waals surface area contributed by atoms with E-state index in [4.69, 9.17) is 4.98 Å². The Balaban J connectivity index is 1.46. The van der Waals surface area contributed by atoms with Gasteiger partial charge in [-0.2, -0.15) is 0 Å².